The number of carbonyl (C=O) groups is 1. The van der Waals surface area contributed by atoms with Gasteiger partial charge in [-0.05, 0) is 19.4 Å². The van der Waals surface area contributed by atoms with E-state index >= 15 is 0 Å². The van der Waals surface area contributed by atoms with Crippen molar-refractivity contribution >= 4 is 5.91 Å². The lowest BCUT2D eigenvalue weighted by molar-refractivity contribution is -0.132. The summed E-state index contributed by atoms with van der Waals surface area (Å²) in [6.07, 6.45) is 1.54. The van der Waals surface area contributed by atoms with Crippen LogP contribution in [0.3, 0.4) is 0 Å². The molecular formula is C15H22N2O2. The van der Waals surface area contributed by atoms with Gasteiger partial charge in [0.25, 0.3) is 0 Å². The van der Waals surface area contributed by atoms with Crippen molar-refractivity contribution in [1.82, 2.24) is 10.2 Å². The molecule has 1 fully saturated rings. The Morgan fingerprint density at radius 1 is 1.42 bits per heavy atom. The van der Waals surface area contributed by atoms with Crippen LogP contribution >= 0.6 is 0 Å². The minimum atomic E-state index is 0.211. The van der Waals surface area contributed by atoms with Crippen LogP contribution in [0.25, 0.3) is 0 Å². The standard InChI is InChI=1S/C15H22N2O2/c1-11(13-6-4-5-7-14(13)19-3)16-12-8-9-15(18)17(2)10-12/h4-7,11-12,16H,8-10H2,1-3H3. The summed E-state index contributed by atoms with van der Waals surface area (Å²) >= 11 is 0. The summed E-state index contributed by atoms with van der Waals surface area (Å²) in [5, 5.41) is 3.59. The number of benzene rings is 1. The average Bonchev–Trinajstić information content (AvgIpc) is 2.43. The predicted molar refractivity (Wildman–Crippen MR) is 75.2 cm³/mol. The molecule has 2 rings (SSSR count). The number of hydrogen-bond donors (Lipinski definition) is 1. The first-order valence-corrected chi connectivity index (χ1v) is 6.74. The van der Waals surface area contributed by atoms with E-state index in [-0.39, 0.29) is 11.9 Å². The quantitative estimate of drug-likeness (QED) is 0.902. The number of amides is 1. The molecule has 4 heteroatoms. The molecule has 1 aliphatic heterocycles. The zero-order valence-corrected chi connectivity index (χ0v) is 11.8. The summed E-state index contributed by atoms with van der Waals surface area (Å²) in [5.74, 6) is 1.14. The number of likely N-dealkylation sites (N-methyl/N-ethyl adjacent to an activating group) is 1. The Morgan fingerprint density at radius 3 is 2.84 bits per heavy atom. The number of para-hydroxylation sites is 1. The molecule has 1 saturated heterocycles. The largest absolute Gasteiger partial charge is 0.496 e. The fourth-order valence-corrected chi connectivity index (χ4v) is 2.62. The smallest absolute Gasteiger partial charge is 0.222 e. The van der Waals surface area contributed by atoms with Crippen LogP contribution in [0, 0.1) is 0 Å². The molecule has 104 valence electrons. The molecule has 2 unspecified atom stereocenters. The van der Waals surface area contributed by atoms with Gasteiger partial charge in [-0.25, -0.2) is 0 Å². The summed E-state index contributed by atoms with van der Waals surface area (Å²) in [5.41, 5.74) is 1.16. The Kier molecular flexibility index (Phi) is 4.43. The lowest BCUT2D eigenvalue weighted by Crippen LogP contribution is -2.47. The number of hydrogen-bond acceptors (Lipinski definition) is 3. The number of likely N-dealkylation sites (tertiary alicyclic amines) is 1. The molecule has 0 spiro atoms. The number of carbonyl (C=O) groups excluding carboxylic acids is 1. The lowest BCUT2D eigenvalue weighted by Gasteiger charge is -2.32. The van der Waals surface area contributed by atoms with Gasteiger partial charge in [-0.1, -0.05) is 18.2 Å². The van der Waals surface area contributed by atoms with E-state index < -0.39 is 0 Å². The summed E-state index contributed by atoms with van der Waals surface area (Å²) in [7, 11) is 3.56. The molecule has 1 heterocycles. The van der Waals surface area contributed by atoms with E-state index in [1.807, 2.05) is 25.2 Å². The van der Waals surface area contributed by atoms with Crippen molar-refractivity contribution in [2.75, 3.05) is 20.7 Å². The number of piperidine rings is 1. The van der Waals surface area contributed by atoms with Crippen LogP contribution in [0.4, 0.5) is 0 Å². The first-order chi connectivity index (χ1) is 9.11. The molecule has 1 aromatic carbocycles. The van der Waals surface area contributed by atoms with Crippen LogP contribution in [0.2, 0.25) is 0 Å². The molecule has 1 aliphatic rings. The van der Waals surface area contributed by atoms with E-state index in [4.69, 9.17) is 4.74 Å². The van der Waals surface area contributed by atoms with Gasteiger partial charge >= 0.3 is 0 Å². The summed E-state index contributed by atoms with van der Waals surface area (Å²) in [4.78, 5) is 13.3. The van der Waals surface area contributed by atoms with Gasteiger partial charge in [0.1, 0.15) is 5.75 Å². The molecule has 1 amide bonds. The van der Waals surface area contributed by atoms with E-state index in [1.54, 1.807) is 12.0 Å². The number of rotatable bonds is 4. The van der Waals surface area contributed by atoms with E-state index in [0.717, 1.165) is 24.3 Å². The van der Waals surface area contributed by atoms with Gasteiger partial charge in [-0.3, -0.25) is 4.79 Å². The second kappa shape index (κ2) is 6.06. The third-order valence-corrected chi connectivity index (χ3v) is 3.72. The summed E-state index contributed by atoms with van der Waals surface area (Å²) in [6, 6.07) is 8.61. The number of ether oxygens (including phenoxy) is 1. The highest BCUT2D eigenvalue weighted by Gasteiger charge is 2.24. The van der Waals surface area contributed by atoms with Crippen molar-refractivity contribution in [2.24, 2.45) is 0 Å². The van der Waals surface area contributed by atoms with Gasteiger partial charge in [0, 0.05) is 37.7 Å². The maximum atomic E-state index is 11.5. The molecule has 0 aliphatic carbocycles. The Balaban J connectivity index is 2.01. The minimum absolute atomic E-state index is 0.211. The van der Waals surface area contributed by atoms with Crippen molar-refractivity contribution in [2.45, 2.75) is 31.8 Å². The van der Waals surface area contributed by atoms with Gasteiger partial charge < -0.3 is 15.0 Å². The van der Waals surface area contributed by atoms with Gasteiger partial charge in [0.2, 0.25) is 5.91 Å². The van der Waals surface area contributed by atoms with Crippen LogP contribution in [0.5, 0.6) is 5.75 Å². The monoisotopic (exact) mass is 262 g/mol. The third-order valence-electron chi connectivity index (χ3n) is 3.72. The molecule has 0 bridgehead atoms. The second-order valence-electron chi connectivity index (χ2n) is 5.14. The van der Waals surface area contributed by atoms with Gasteiger partial charge in [-0.2, -0.15) is 0 Å². The van der Waals surface area contributed by atoms with Gasteiger partial charge in [0.15, 0.2) is 0 Å². The van der Waals surface area contributed by atoms with Crippen LogP contribution in [0.1, 0.15) is 31.4 Å². The first-order valence-electron chi connectivity index (χ1n) is 6.74. The van der Waals surface area contributed by atoms with Crippen LogP contribution in [0.15, 0.2) is 24.3 Å². The lowest BCUT2D eigenvalue weighted by atomic mass is 10.0. The molecule has 0 saturated carbocycles. The molecule has 19 heavy (non-hydrogen) atoms. The van der Waals surface area contributed by atoms with E-state index in [2.05, 4.69) is 18.3 Å². The zero-order valence-electron chi connectivity index (χ0n) is 11.8. The van der Waals surface area contributed by atoms with Crippen LogP contribution < -0.4 is 10.1 Å². The summed E-state index contributed by atoms with van der Waals surface area (Å²) in [6.45, 7) is 2.91. The second-order valence-corrected chi connectivity index (χ2v) is 5.14. The molecular weight excluding hydrogens is 240 g/mol. The van der Waals surface area contributed by atoms with E-state index in [9.17, 15) is 4.79 Å². The Morgan fingerprint density at radius 2 is 2.16 bits per heavy atom. The van der Waals surface area contributed by atoms with Gasteiger partial charge in [0.05, 0.1) is 7.11 Å². The van der Waals surface area contributed by atoms with Crippen molar-refractivity contribution in [3.8, 4) is 5.75 Å². The Labute approximate surface area is 114 Å². The molecule has 0 aromatic heterocycles. The van der Waals surface area contributed by atoms with Crippen molar-refractivity contribution in [1.29, 1.82) is 0 Å². The summed E-state index contributed by atoms with van der Waals surface area (Å²) < 4.78 is 5.39. The average molecular weight is 262 g/mol. The zero-order chi connectivity index (χ0) is 13.8. The minimum Gasteiger partial charge on any atom is -0.496 e. The molecule has 0 radical (unpaired) electrons. The van der Waals surface area contributed by atoms with Crippen LogP contribution in [-0.4, -0.2) is 37.6 Å². The van der Waals surface area contributed by atoms with Crippen molar-refractivity contribution in [3.63, 3.8) is 0 Å². The molecule has 1 aromatic rings. The molecule has 2 atom stereocenters. The normalized spacial score (nSPS) is 21.3. The predicted octanol–water partition coefficient (Wildman–Crippen LogP) is 1.97. The maximum absolute atomic E-state index is 11.5. The fourth-order valence-electron chi connectivity index (χ4n) is 2.62. The van der Waals surface area contributed by atoms with Crippen molar-refractivity contribution < 1.29 is 9.53 Å². The van der Waals surface area contributed by atoms with Crippen molar-refractivity contribution in [3.05, 3.63) is 29.8 Å². The highest BCUT2D eigenvalue weighted by Crippen LogP contribution is 2.25. The Bertz CT molecular complexity index is 448. The third kappa shape index (κ3) is 3.26. The number of methoxy groups -OCH3 is 1. The Hall–Kier alpha value is -1.55. The maximum Gasteiger partial charge on any atom is 0.222 e. The highest BCUT2D eigenvalue weighted by molar-refractivity contribution is 5.76. The topological polar surface area (TPSA) is 41.6 Å². The molecule has 4 nitrogen and oxygen atoms in total. The highest BCUT2D eigenvalue weighted by atomic mass is 16.5. The van der Waals surface area contributed by atoms with Crippen LogP contribution in [-0.2, 0) is 4.79 Å². The SMILES string of the molecule is COc1ccccc1C(C)NC1CCC(=O)N(C)C1. The molecule has 1 N–H and O–H groups in total. The number of nitrogens with one attached hydrogen (secondary N) is 1. The van der Waals surface area contributed by atoms with E-state index in [0.29, 0.717) is 12.5 Å². The van der Waals surface area contributed by atoms with Gasteiger partial charge in [-0.15, -0.1) is 0 Å². The number of nitrogens with zero attached hydrogens (tertiary/aromatic N) is 1. The fraction of sp³-hybridized carbons (Fsp3) is 0.533. The van der Waals surface area contributed by atoms with E-state index in [1.165, 1.54) is 0 Å². The first kappa shape index (κ1) is 13.9.